The van der Waals surface area contributed by atoms with E-state index in [4.69, 9.17) is 13.7 Å². The number of piperazine rings is 1. The summed E-state index contributed by atoms with van der Waals surface area (Å²) >= 11 is 0. The zero-order valence-electron chi connectivity index (χ0n) is 16.5. The van der Waals surface area contributed by atoms with E-state index in [0.29, 0.717) is 56.0 Å². The molecule has 0 atom stereocenters. The predicted molar refractivity (Wildman–Crippen MR) is 105 cm³/mol. The molecule has 0 saturated carbocycles. The Kier molecular flexibility index (Phi) is 5.46. The number of benzene rings is 1. The number of rotatable bonds is 6. The van der Waals surface area contributed by atoms with Crippen molar-refractivity contribution in [1.82, 2.24) is 20.3 Å². The Morgan fingerprint density at radius 2 is 2.00 bits per heavy atom. The lowest BCUT2D eigenvalue weighted by atomic mass is 10.1. The lowest BCUT2D eigenvalue weighted by Crippen LogP contribution is -2.49. The van der Waals surface area contributed by atoms with E-state index < -0.39 is 0 Å². The number of carbonyl (C=O) groups is 1. The topological polar surface area (TPSA) is 97.7 Å². The lowest BCUT2D eigenvalue weighted by molar-refractivity contribution is -0.130. The van der Waals surface area contributed by atoms with Gasteiger partial charge in [-0.15, -0.1) is 5.10 Å². The van der Waals surface area contributed by atoms with E-state index >= 15 is 0 Å². The Labute approximate surface area is 168 Å². The summed E-state index contributed by atoms with van der Waals surface area (Å²) in [7, 11) is 1.62. The number of amides is 1. The molecule has 2 aromatic heterocycles. The monoisotopic (exact) mass is 397 g/mol. The van der Waals surface area contributed by atoms with E-state index in [1.807, 2.05) is 41.0 Å². The molecule has 1 amide bonds. The Hall–Kier alpha value is -3.36. The predicted octanol–water partition coefficient (Wildman–Crippen LogP) is 2.19. The molecule has 3 heterocycles. The van der Waals surface area contributed by atoms with Gasteiger partial charge >= 0.3 is 6.01 Å². The third-order valence-corrected chi connectivity index (χ3v) is 4.91. The van der Waals surface area contributed by atoms with Gasteiger partial charge in [0.25, 0.3) is 0 Å². The van der Waals surface area contributed by atoms with Crippen LogP contribution < -0.4 is 9.64 Å². The first kappa shape index (κ1) is 19.0. The van der Waals surface area contributed by atoms with Crippen molar-refractivity contribution in [2.45, 2.75) is 19.8 Å². The maximum Gasteiger partial charge on any atom is 0.318 e. The van der Waals surface area contributed by atoms with Crippen LogP contribution in [0.1, 0.15) is 18.5 Å². The van der Waals surface area contributed by atoms with Crippen molar-refractivity contribution in [3.05, 3.63) is 41.9 Å². The maximum absolute atomic E-state index is 12.7. The molecular formula is C20H23N5O4. The van der Waals surface area contributed by atoms with Gasteiger partial charge in [-0.2, -0.15) is 0 Å². The van der Waals surface area contributed by atoms with Crippen molar-refractivity contribution >= 4 is 11.9 Å². The number of aromatic nitrogens is 3. The summed E-state index contributed by atoms with van der Waals surface area (Å²) in [5.41, 5.74) is 1.47. The van der Waals surface area contributed by atoms with Crippen molar-refractivity contribution in [2.24, 2.45) is 0 Å². The van der Waals surface area contributed by atoms with Gasteiger partial charge in [-0.3, -0.25) is 4.79 Å². The molecule has 0 bridgehead atoms. The first-order chi connectivity index (χ1) is 14.2. The first-order valence-corrected chi connectivity index (χ1v) is 9.61. The van der Waals surface area contributed by atoms with Gasteiger partial charge in [-0.05, 0) is 12.1 Å². The molecule has 0 radical (unpaired) electrons. The van der Waals surface area contributed by atoms with Crippen molar-refractivity contribution < 1.29 is 18.5 Å². The van der Waals surface area contributed by atoms with E-state index in [2.05, 4.69) is 15.4 Å². The third-order valence-electron chi connectivity index (χ3n) is 4.91. The minimum absolute atomic E-state index is 0.0231. The number of aryl methyl sites for hydroxylation is 1. The van der Waals surface area contributed by atoms with E-state index in [-0.39, 0.29) is 12.3 Å². The number of hydrogen-bond acceptors (Lipinski definition) is 8. The molecule has 1 saturated heterocycles. The van der Waals surface area contributed by atoms with Crippen LogP contribution in [0.5, 0.6) is 5.75 Å². The van der Waals surface area contributed by atoms with E-state index in [0.717, 1.165) is 11.3 Å². The van der Waals surface area contributed by atoms with Gasteiger partial charge in [0.2, 0.25) is 11.8 Å². The van der Waals surface area contributed by atoms with Gasteiger partial charge in [0.15, 0.2) is 5.76 Å². The number of hydrogen-bond donors (Lipinski definition) is 0. The molecule has 0 aliphatic carbocycles. The van der Waals surface area contributed by atoms with Crippen molar-refractivity contribution in [2.75, 3.05) is 38.2 Å². The standard InChI is InChI=1S/C20H23N5O4/c1-3-18-21-22-20(28-18)25-9-7-24(8-10-25)19(26)13-15-12-17(29-23-15)14-5-4-6-16(11-14)27-2/h4-6,11-12H,3,7-10,13H2,1-2H3. The molecular weight excluding hydrogens is 374 g/mol. The smallest absolute Gasteiger partial charge is 0.318 e. The molecule has 0 spiro atoms. The van der Waals surface area contributed by atoms with E-state index in [1.165, 1.54) is 0 Å². The van der Waals surface area contributed by atoms with Crippen LogP contribution in [0.3, 0.4) is 0 Å². The second-order valence-corrected chi connectivity index (χ2v) is 6.79. The number of methoxy groups -OCH3 is 1. The summed E-state index contributed by atoms with van der Waals surface area (Å²) < 4.78 is 16.2. The van der Waals surface area contributed by atoms with Crippen LogP contribution in [0, 0.1) is 0 Å². The summed E-state index contributed by atoms with van der Waals surface area (Å²) in [6, 6.07) is 9.85. The highest BCUT2D eigenvalue weighted by Gasteiger charge is 2.25. The fraction of sp³-hybridized carbons (Fsp3) is 0.400. The Balaban J connectivity index is 1.34. The van der Waals surface area contributed by atoms with E-state index in [1.54, 1.807) is 13.2 Å². The zero-order chi connectivity index (χ0) is 20.2. The number of carbonyl (C=O) groups excluding carboxylic acids is 1. The van der Waals surface area contributed by atoms with Crippen LogP contribution in [0.2, 0.25) is 0 Å². The number of anilines is 1. The van der Waals surface area contributed by atoms with Gasteiger partial charge in [-0.1, -0.05) is 29.3 Å². The summed E-state index contributed by atoms with van der Waals surface area (Å²) in [4.78, 5) is 16.5. The minimum atomic E-state index is 0.0231. The molecule has 1 aromatic carbocycles. The molecule has 0 unspecified atom stereocenters. The molecule has 0 N–H and O–H groups in total. The SMILES string of the molecule is CCc1nnc(N2CCN(C(=O)Cc3cc(-c4cccc(OC)c4)on3)CC2)o1. The van der Waals surface area contributed by atoms with Crippen LogP contribution in [0.25, 0.3) is 11.3 Å². The normalized spacial score (nSPS) is 14.3. The second-order valence-electron chi connectivity index (χ2n) is 6.79. The molecule has 1 aliphatic heterocycles. The Morgan fingerprint density at radius 1 is 1.17 bits per heavy atom. The Bertz CT molecular complexity index is 975. The molecule has 9 nitrogen and oxygen atoms in total. The van der Waals surface area contributed by atoms with Gasteiger partial charge in [0, 0.05) is 44.2 Å². The van der Waals surface area contributed by atoms with Gasteiger partial charge in [0.05, 0.1) is 19.2 Å². The van der Waals surface area contributed by atoms with Gasteiger partial charge < -0.3 is 23.5 Å². The number of nitrogens with zero attached hydrogens (tertiary/aromatic N) is 5. The van der Waals surface area contributed by atoms with Crippen molar-refractivity contribution in [1.29, 1.82) is 0 Å². The molecule has 29 heavy (non-hydrogen) atoms. The fourth-order valence-electron chi connectivity index (χ4n) is 3.24. The average Bonchev–Trinajstić information content (AvgIpc) is 3.43. The Morgan fingerprint density at radius 3 is 2.72 bits per heavy atom. The highest BCUT2D eigenvalue weighted by atomic mass is 16.5. The number of ether oxygens (including phenoxy) is 1. The van der Waals surface area contributed by atoms with Crippen LogP contribution in [0.4, 0.5) is 6.01 Å². The summed E-state index contributed by atoms with van der Waals surface area (Å²) in [6.07, 6.45) is 0.912. The van der Waals surface area contributed by atoms with Gasteiger partial charge in [0.1, 0.15) is 5.75 Å². The first-order valence-electron chi connectivity index (χ1n) is 9.61. The van der Waals surface area contributed by atoms with Crippen molar-refractivity contribution in [3.63, 3.8) is 0 Å². The van der Waals surface area contributed by atoms with Crippen LogP contribution >= 0.6 is 0 Å². The van der Waals surface area contributed by atoms with E-state index in [9.17, 15) is 4.79 Å². The largest absolute Gasteiger partial charge is 0.497 e. The van der Waals surface area contributed by atoms with Gasteiger partial charge in [-0.25, -0.2) is 0 Å². The second kappa shape index (κ2) is 8.34. The molecule has 152 valence electrons. The van der Waals surface area contributed by atoms with Crippen LogP contribution in [0.15, 0.2) is 39.3 Å². The zero-order valence-corrected chi connectivity index (χ0v) is 16.5. The van der Waals surface area contributed by atoms with Crippen LogP contribution in [-0.4, -0.2) is 59.4 Å². The maximum atomic E-state index is 12.7. The highest BCUT2D eigenvalue weighted by molar-refractivity contribution is 5.79. The summed E-state index contributed by atoms with van der Waals surface area (Å²) in [6.45, 7) is 4.49. The van der Waals surface area contributed by atoms with Crippen molar-refractivity contribution in [3.8, 4) is 17.1 Å². The summed E-state index contributed by atoms with van der Waals surface area (Å²) in [5, 5.41) is 12.1. The average molecular weight is 397 g/mol. The fourth-order valence-corrected chi connectivity index (χ4v) is 3.24. The summed E-state index contributed by atoms with van der Waals surface area (Å²) in [5.74, 6) is 1.99. The molecule has 4 rings (SSSR count). The van der Waals surface area contributed by atoms with Crippen LogP contribution in [-0.2, 0) is 17.6 Å². The quantitative estimate of drug-likeness (QED) is 0.624. The minimum Gasteiger partial charge on any atom is -0.497 e. The third kappa shape index (κ3) is 4.23. The molecule has 9 heteroatoms. The molecule has 1 aliphatic rings. The molecule has 1 fully saturated rings. The molecule has 3 aromatic rings. The highest BCUT2D eigenvalue weighted by Crippen LogP contribution is 2.25. The lowest BCUT2D eigenvalue weighted by Gasteiger charge is -2.33.